The van der Waals surface area contributed by atoms with Gasteiger partial charge in [-0.1, -0.05) is 30.3 Å². The molecule has 0 spiro atoms. The zero-order chi connectivity index (χ0) is 20.1. The summed E-state index contributed by atoms with van der Waals surface area (Å²) in [6.07, 6.45) is 5.29. The molecule has 6 heteroatoms. The average Bonchev–Trinajstić information content (AvgIpc) is 2.80. The zero-order valence-electron chi connectivity index (χ0n) is 16.4. The van der Waals surface area contributed by atoms with Gasteiger partial charge in [0, 0.05) is 42.7 Å². The van der Waals surface area contributed by atoms with Gasteiger partial charge >= 0.3 is 0 Å². The van der Waals surface area contributed by atoms with Crippen LogP contribution in [0.2, 0.25) is 0 Å². The molecule has 1 amide bonds. The third-order valence-electron chi connectivity index (χ3n) is 5.25. The Hall–Kier alpha value is -3.41. The highest BCUT2D eigenvalue weighted by Crippen LogP contribution is 2.24. The van der Waals surface area contributed by atoms with Crippen molar-refractivity contribution in [1.29, 1.82) is 0 Å². The van der Waals surface area contributed by atoms with Crippen LogP contribution >= 0.6 is 0 Å². The van der Waals surface area contributed by atoms with Crippen LogP contribution in [0.15, 0.2) is 67.0 Å². The predicted octanol–water partition coefficient (Wildman–Crippen LogP) is 4.01. The lowest BCUT2D eigenvalue weighted by Crippen LogP contribution is -2.39. The van der Waals surface area contributed by atoms with Crippen LogP contribution in [0.4, 0.5) is 11.6 Å². The molecule has 3 aromatic rings. The first-order chi connectivity index (χ1) is 14.2. The Morgan fingerprint density at radius 1 is 0.966 bits per heavy atom. The van der Waals surface area contributed by atoms with Crippen molar-refractivity contribution in [3.05, 3.63) is 67.0 Å². The maximum absolute atomic E-state index is 12.6. The van der Waals surface area contributed by atoms with Crippen LogP contribution in [0.1, 0.15) is 12.8 Å². The molecular formula is C23H24N4O2. The second kappa shape index (κ2) is 8.73. The van der Waals surface area contributed by atoms with Gasteiger partial charge in [0.05, 0.1) is 7.11 Å². The first-order valence-corrected chi connectivity index (χ1v) is 9.80. The molecule has 2 heterocycles. The molecule has 1 aliphatic heterocycles. The second-order valence-electron chi connectivity index (χ2n) is 7.12. The van der Waals surface area contributed by atoms with Gasteiger partial charge in [0.15, 0.2) is 0 Å². The third kappa shape index (κ3) is 4.54. The number of amides is 1. The summed E-state index contributed by atoms with van der Waals surface area (Å²) in [4.78, 5) is 23.8. The fourth-order valence-corrected chi connectivity index (χ4v) is 3.52. The summed E-state index contributed by atoms with van der Waals surface area (Å²) in [5.74, 6) is 1.56. The van der Waals surface area contributed by atoms with Crippen molar-refractivity contribution in [2.24, 2.45) is 5.92 Å². The highest BCUT2D eigenvalue weighted by molar-refractivity contribution is 5.92. The van der Waals surface area contributed by atoms with E-state index in [4.69, 9.17) is 4.74 Å². The van der Waals surface area contributed by atoms with Gasteiger partial charge in [-0.3, -0.25) is 4.79 Å². The van der Waals surface area contributed by atoms with E-state index >= 15 is 0 Å². The maximum Gasteiger partial charge on any atom is 0.227 e. The minimum Gasteiger partial charge on any atom is -0.497 e. The molecular weight excluding hydrogens is 364 g/mol. The topological polar surface area (TPSA) is 67.3 Å². The molecule has 6 nitrogen and oxygen atoms in total. The SMILES string of the molecule is COc1ccc(NC(=O)C2CCN(c3ncc(-c4ccccc4)cn3)CC2)cc1. The Kier molecular flexibility index (Phi) is 5.70. The highest BCUT2D eigenvalue weighted by atomic mass is 16.5. The van der Waals surface area contributed by atoms with Crippen LogP contribution in [0, 0.1) is 5.92 Å². The molecule has 1 aromatic heterocycles. The molecule has 1 saturated heterocycles. The third-order valence-corrected chi connectivity index (χ3v) is 5.25. The number of rotatable bonds is 5. The van der Waals surface area contributed by atoms with E-state index in [0.29, 0.717) is 0 Å². The Labute approximate surface area is 170 Å². The molecule has 1 aliphatic rings. The van der Waals surface area contributed by atoms with Crippen LogP contribution < -0.4 is 15.0 Å². The number of hydrogen-bond acceptors (Lipinski definition) is 5. The van der Waals surface area contributed by atoms with Crippen LogP contribution in [0.5, 0.6) is 5.75 Å². The largest absolute Gasteiger partial charge is 0.497 e. The van der Waals surface area contributed by atoms with Gasteiger partial charge in [-0.15, -0.1) is 0 Å². The Morgan fingerprint density at radius 2 is 1.62 bits per heavy atom. The normalized spacial score (nSPS) is 14.4. The predicted molar refractivity (Wildman–Crippen MR) is 114 cm³/mol. The molecule has 1 N–H and O–H groups in total. The van der Waals surface area contributed by atoms with Gasteiger partial charge in [0.1, 0.15) is 5.75 Å². The van der Waals surface area contributed by atoms with E-state index in [1.54, 1.807) is 7.11 Å². The Balaban J connectivity index is 1.32. The minimum absolute atomic E-state index is 0.00283. The molecule has 2 aromatic carbocycles. The molecule has 0 unspecified atom stereocenters. The second-order valence-corrected chi connectivity index (χ2v) is 7.12. The minimum atomic E-state index is -0.00283. The summed E-state index contributed by atoms with van der Waals surface area (Å²) in [6, 6.07) is 17.5. The molecule has 0 saturated carbocycles. The summed E-state index contributed by atoms with van der Waals surface area (Å²) in [6.45, 7) is 1.54. The van der Waals surface area contributed by atoms with Crippen molar-refractivity contribution in [2.45, 2.75) is 12.8 Å². The summed E-state index contributed by atoms with van der Waals surface area (Å²) in [5.41, 5.74) is 2.90. The van der Waals surface area contributed by atoms with Crippen molar-refractivity contribution in [3.63, 3.8) is 0 Å². The number of benzene rings is 2. The van der Waals surface area contributed by atoms with E-state index in [1.807, 2.05) is 67.0 Å². The number of piperidine rings is 1. The maximum atomic E-state index is 12.6. The monoisotopic (exact) mass is 388 g/mol. The number of carbonyl (C=O) groups is 1. The molecule has 0 bridgehead atoms. The van der Waals surface area contributed by atoms with E-state index in [1.165, 1.54) is 0 Å². The number of carbonyl (C=O) groups excluding carboxylic acids is 1. The van der Waals surface area contributed by atoms with Crippen LogP contribution in [-0.2, 0) is 4.79 Å². The van der Waals surface area contributed by atoms with Crippen molar-refractivity contribution in [1.82, 2.24) is 9.97 Å². The number of ether oxygens (including phenoxy) is 1. The summed E-state index contributed by atoms with van der Waals surface area (Å²) in [5, 5.41) is 3.00. The molecule has 4 rings (SSSR count). The number of anilines is 2. The van der Waals surface area contributed by atoms with Crippen molar-refractivity contribution in [2.75, 3.05) is 30.4 Å². The Morgan fingerprint density at radius 3 is 2.24 bits per heavy atom. The lowest BCUT2D eigenvalue weighted by Gasteiger charge is -2.31. The first kappa shape index (κ1) is 18.9. The van der Waals surface area contributed by atoms with Crippen molar-refractivity contribution >= 4 is 17.5 Å². The van der Waals surface area contributed by atoms with Crippen LogP contribution in [0.25, 0.3) is 11.1 Å². The molecule has 29 heavy (non-hydrogen) atoms. The van der Waals surface area contributed by atoms with Crippen LogP contribution in [-0.4, -0.2) is 36.1 Å². The van der Waals surface area contributed by atoms with Crippen molar-refractivity contribution < 1.29 is 9.53 Å². The fourth-order valence-electron chi connectivity index (χ4n) is 3.52. The lowest BCUT2D eigenvalue weighted by molar-refractivity contribution is -0.120. The quantitative estimate of drug-likeness (QED) is 0.715. The molecule has 0 radical (unpaired) electrons. The van der Waals surface area contributed by atoms with Gasteiger partial charge in [0.25, 0.3) is 0 Å². The summed E-state index contributed by atoms with van der Waals surface area (Å²) in [7, 11) is 1.63. The number of nitrogens with one attached hydrogen (secondary N) is 1. The van der Waals surface area contributed by atoms with Crippen molar-refractivity contribution in [3.8, 4) is 16.9 Å². The Bertz CT molecular complexity index is 935. The van der Waals surface area contributed by atoms with E-state index in [9.17, 15) is 4.79 Å². The molecule has 1 fully saturated rings. The van der Waals surface area contributed by atoms with E-state index in [-0.39, 0.29) is 11.8 Å². The standard InChI is InChI=1S/C23H24N4O2/c1-29-21-9-7-20(8-10-21)26-22(28)18-11-13-27(14-12-18)23-24-15-19(16-25-23)17-5-3-2-4-6-17/h2-10,15-16,18H,11-14H2,1H3,(H,26,28). The lowest BCUT2D eigenvalue weighted by atomic mass is 9.96. The van der Waals surface area contributed by atoms with E-state index < -0.39 is 0 Å². The number of hydrogen-bond donors (Lipinski definition) is 1. The summed E-state index contributed by atoms with van der Waals surface area (Å²) < 4.78 is 5.15. The zero-order valence-corrected chi connectivity index (χ0v) is 16.4. The van der Waals surface area contributed by atoms with Gasteiger partial charge in [-0.2, -0.15) is 0 Å². The summed E-state index contributed by atoms with van der Waals surface area (Å²) >= 11 is 0. The molecule has 0 atom stereocenters. The van der Waals surface area contributed by atoms with Gasteiger partial charge in [-0.25, -0.2) is 9.97 Å². The van der Waals surface area contributed by atoms with Gasteiger partial charge < -0.3 is 15.0 Å². The number of nitrogens with zero attached hydrogens (tertiary/aromatic N) is 3. The van der Waals surface area contributed by atoms with Gasteiger partial charge in [-0.05, 0) is 42.7 Å². The highest BCUT2D eigenvalue weighted by Gasteiger charge is 2.26. The van der Waals surface area contributed by atoms with E-state index in [2.05, 4.69) is 20.2 Å². The van der Waals surface area contributed by atoms with Gasteiger partial charge in [0.2, 0.25) is 11.9 Å². The smallest absolute Gasteiger partial charge is 0.227 e. The molecule has 0 aliphatic carbocycles. The first-order valence-electron chi connectivity index (χ1n) is 9.80. The van der Waals surface area contributed by atoms with E-state index in [0.717, 1.165) is 54.4 Å². The average molecular weight is 388 g/mol. The number of methoxy groups -OCH3 is 1. The molecule has 148 valence electrons. The fraction of sp³-hybridized carbons (Fsp3) is 0.261. The number of aromatic nitrogens is 2. The van der Waals surface area contributed by atoms with Crippen LogP contribution in [0.3, 0.4) is 0 Å².